The van der Waals surface area contributed by atoms with E-state index in [9.17, 15) is 9.59 Å². The van der Waals surface area contributed by atoms with Crippen molar-refractivity contribution < 1.29 is 9.53 Å². The molecule has 0 fully saturated rings. The molecule has 6 nitrogen and oxygen atoms in total. The first-order chi connectivity index (χ1) is 11.8. The predicted octanol–water partition coefficient (Wildman–Crippen LogP) is 3.31. The first kappa shape index (κ1) is 17.8. The Morgan fingerprint density at radius 1 is 1.28 bits per heavy atom. The van der Waals surface area contributed by atoms with Crippen LogP contribution in [0.4, 0.5) is 0 Å². The smallest absolute Gasteiger partial charge is 0.336 e. The minimum Gasteiger partial charge on any atom is -0.459 e. The van der Waals surface area contributed by atoms with E-state index >= 15 is 0 Å². The number of carbonyl (C=O) groups excluding carboxylic acids is 1. The van der Waals surface area contributed by atoms with E-state index in [1.807, 2.05) is 35.9 Å². The predicted molar refractivity (Wildman–Crippen MR) is 101 cm³/mol. The van der Waals surface area contributed by atoms with E-state index in [4.69, 9.17) is 4.74 Å². The SMILES string of the molecule is CSc1csc(-n2c(=O)n(CC(=O)OC(C)(C)C)c3ccccc32)n1. The third kappa shape index (κ3) is 3.64. The lowest BCUT2D eigenvalue weighted by Gasteiger charge is -2.19. The molecule has 8 heteroatoms. The van der Waals surface area contributed by atoms with E-state index in [0.717, 1.165) is 10.5 Å². The fourth-order valence-corrected chi connectivity index (χ4v) is 3.95. The maximum absolute atomic E-state index is 13.0. The summed E-state index contributed by atoms with van der Waals surface area (Å²) >= 11 is 2.92. The molecule has 2 aromatic heterocycles. The molecular weight excluding hydrogens is 358 g/mol. The normalized spacial score (nSPS) is 11.8. The van der Waals surface area contributed by atoms with Gasteiger partial charge in [0.1, 0.15) is 17.2 Å². The standard InChI is InChI=1S/C17H19N3O3S2/c1-17(2,3)23-14(21)9-19-11-7-5-6-8-12(11)20(16(19)22)15-18-13(24-4)10-25-15/h5-8,10H,9H2,1-4H3. The van der Waals surface area contributed by atoms with Gasteiger partial charge >= 0.3 is 11.7 Å². The maximum atomic E-state index is 13.0. The summed E-state index contributed by atoms with van der Waals surface area (Å²) < 4.78 is 8.34. The summed E-state index contributed by atoms with van der Waals surface area (Å²) in [4.78, 5) is 29.7. The second-order valence-corrected chi connectivity index (χ2v) is 8.11. The first-order valence-electron chi connectivity index (χ1n) is 7.72. The molecule has 0 aliphatic rings. The molecular formula is C17H19N3O3S2. The van der Waals surface area contributed by atoms with Crippen LogP contribution in [-0.2, 0) is 16.1 Å². The van der Waals surface area contributed by atoms with E-state index in [1.165, 1.54) is 27.7 Å². The van der Waals surface area contributed by atoms with Crippen LogP contribution >= 0.6 is 23.1 Å². The molecule has 0 bridgehead atoms. The lowest BCUT2D eigenvalue weighted by atomic mass is 10.2. The number of rotatable bonds is 4. The van der Waals surface area contributed by atoms with Crippen molar-refractivity contribution in [2.24, 2.45) is 0 Å². The molecule has 1 aromatic carbocycles. The van der Waals surface area contributed by atoms with Crippen molar-refractivity contribution in [2.75, 3.05) is 6.26 Å². The lowest BCUT2D eigenvalue weighted by molar-refractivity contribution is -0.155. The van der Waals surface area contributed by atoms with Crippen molar-refractivity contribution in [1.82, 2.24) is 14.1 Å². The highest BCUT2D eigenvalue weighted by Crippen LogP contribution is 2.24. The van der Waals surface area contributed by atoms with Gasteiger partial charge in [0, 0.05) is 5.38 Å². The number of nitrogens with zero attached hydrogens (tertiary/aromatic N) is 3. The number of aromatic nitrogens is 3. The van der Waals surface area contributed by atoms with Crippen molar-refractivity contribution >= 4 is 40.1 Å². The Balaban J connectivity index is 2.10. The van der Waals surface area contributed by atoms with Crippen LogP contribution in [0.5, 0.6) is 0 Å². The monoisotopic (exact) mass is 377 g/mol. The van der Waals surface area contributed by atoms with E-state index in [2.05, 4.69) is 4.98 Å². The van der Waals surface area contributed by atoms with E-state index in [-0.39, 0.29) is 12.2 Å². The molecule has 3 aromatic rings. The third-order valence-corrected chi connectivity index (χ3v) is 5.02. The molecule has 0 aliphatic carbocycles. The molecule has 0 saturated carbocycles. The number of hydrogen-bond acceptors (Lipinski definition) is 6. The van der Waals surface area contributed by atoms with Crippen LogP contribution in [0.15, 0.2) is 39.5 Å². The Labute approximate surface area is 153 Å². The highest BCUT2D eigenvalue weighted by molar-refractivity contribution is 7.98. The molecule has 0 amide bonds. The van der Waals surface area contributed by atoms with Gasteiger partial charge < -0.3 is 4.74 Å². The van der Waals surface area contributed by atoms with Gasteiger partial charge in [0.15, 0.2) is 5.13 Å². The van der Waals surface area contributed by atoms with Crippen molar-refractivity contribution in [3.63, 3.8) is 0 Å². The number of imidazole rings is 1. The highest BCUT2D eigenvalue weighted by atomic mass is 32.2. The third-order valence-electron chi connectivity index (χ3n) is 3.41. The highest BCUT2D eigenvalue weighted by Gasteiger charge is 2.21. The van der Waals surface area contributed by atoms with Crippen LogP contribution in [0.1, 0.15) is 20.8 Å². The zero-order valence-corrected chi connectivity index (χ0v) is 16.1. The molecule has 0 unspecified atom stereocenters. The summed E-state index contributed by atoms with van der Waals surface area (Å²) in [5.41, 5.74) is 0.508. The zero-order chi connectivity index (χ0) is 18.2. The average molecular weight is 377 g/mol. The lowest BCUT2D eigenvalue weighted by Crippen LogP contribution is -2.31. The zero-order valence-electron chi connectivity index (χ0n) is 14.5. The number of carbonyl (C=O) groups is 1. The molecule has 3 rings (SSSR count). The summed E-state index contributed by atoms with van der Waals surface area (Å²) in [5.74, 6) is -0.443. The Bertz CT molecular complexity index is 979. The second kappa shape index (κ2) is 6.68. The molecule has 0 radical (unpaired) electrons. The second-order valence-electron chi connectivity index (χ2n) is 6.45. The Kier molecular flexibility index (Phi) is 4.75. The number of esters is 1. The summed E-state index contributed by atoms with van der Waals surface area (Å²) in [5, 5.41) is 3.36. The number of para-hydroxylation sites is 2. The van der Waals surface area contributed by atoms with Gasteiger partial charge in [-0.15, -0.1) is 23.1 Å². The molecule has 2 heterocycles. The van der Waals surface area contributed by atoms with Crippen LogP contribution in [-0.4, -0.2) is 31.9 Å². The minimum atomic E-state index is -0.596. The van der Waals surface area contributed by atoms with Gasteiger partial charge in [-0.3, -0.25) is 9.36 Å². The van der Waals surface area contributed by atoms with Gasteiger partial charge in [0.05, 0.1) is 11.0 Å². The molecule has 0 atom stereocenters. The van der Waals surface area contributed by atoms with Gasteiger partial charge in [-0.25, -0.2) is 14.3 Å². The topological polar surface area (TPSA) is 66.1 Å². The molecule has 0 saturated heterocycles. The first-order valence-corrected chi connectivity index (χ1v) is 9.82. The van der Waals surface area contributed by atoms with Crippen molar-refractivity contribution in [1.29, 1.82) is 0 Å². The Hall–Kier alpha value is -2.06. The quantitative estimate of drug-likeness (QED) is 0.515. The van der Waals surface area contributed by atoms with Crippen molar-refractivity contribution in [3.8, 4) is 5.13 Å². The summed E-state index contributed by atoms with van der Waals surface area (Å²) in [6.07, 6.45) is 1.94. The van der Waals surface area contributed by atoms with Crippen LogP contribution < -0.4 is 5.69 Å². The van der Waals surface area contributed by atoms with Gasteiger partial charge in [-0.2, -0.15) is 0 Å². The van der Waals surface area contributed by atoms with Crippen LogP contribution in [0, 0.1) is 0 Å². The summed E-state index contributed by atoms with van der Waals surface area (Å²) in [7, 11) is 0. The van der Waals surface area contributed by atoms with Gasteiger partial charge in [-0.05, 0) is 39.2 Å². The summed E-state index contributed by atoms with van der Waals surface area (Å²) in [6, 6.07) is 7.37. The number of fused-ring (bicyclic) bond motifs is 1. The Morgan fingerprint density at radius 2 is 1.96 bits per heavy atom. The average Bonchev–Trinajstić information content (AvgIpc) is 3.09. The fourth-order valence-electron chi connectivity index (χ4n) is 2.50. The Morgan fingerprint density at radius 3 is 2.56 bits per heavy atom. The molecule has 0 spiro atoms. The molecule has 0 N–H and O–H groups in total. The molecule has 0 aliphatic heterocycles. The van der Waals surface area contributed by atoms with E-state index in [1.54, 1.807) is 25.3 Å². The molecule has 132 valence electrons. The van der Waals surface area contributed by atoms with Crippen molar-refractivity contribution in [2.45, 2.75) is 37.9 Å². The number of thiazole rings is 1. The number of benzene rings is 1. The molecule has 25 heavy (non-hydrogen) atoms. The van der Waals surface area contributed by atoms with E-state index < -0.39 is 11.6 Å². The number of thioether (sulfide) groups is 1. The van der Waals surface area contributed by atoms with Crippen LogP contribution in [0.25, 0.3) is 16.2 Å². The van der Waals surface area contributed by atoms with Gasteiger partial charge in [0.2, 0.25) is 0 Å². The largest absolute Gasteiger partial charge is 0.459 e. The van der Waals surface area contributed by atoms with Crippen molar-refractivity contribution in [3.05, 3.63) is 40.1 Å². The fraction of sp³-hybridized carbons (Fsp3) is 0.353. The van der Waals surface area contributed by atoms with Gasteiger partial charge in [0.25, 0.3) is 0 Å². The summed E-state index contributed by atoms with van der Waals surface area (Å²) in [6.45, 7) is 5.27. The minimum absolute atomic E-state index is 0.135. The number of hydrogen-bond donors (Lipinski definition) is 0. The van der Waals surface area contributed by atoms with E-state index in [0.29, 0.717) is 10.6 Å². The van der Waals surface area contributed by atoms with Crippen LogP contribution in [0.3, 0.4) is 0 Å². The number of ether oxygens (including phenoxy) is 1. The maximum Gasteiger partial charge on any atom is 0.336 e. The van der Waals surface area contributed by atoms with Crippen LogP contribution in [0.2, 0.25) is 0 Å². The van der Waals surface area contributed by atoms with Gasteiger partial charge in [-0.1, -0.05) is 12.1 Å².